The topological polar surface area (TPSA) is 27.7 Å². The van der Waals surface area contributed by atoms with Crippen LogP contribution in [0.3, 0.4) is 0 Å². The zero-order valence-electron chi connectivity index (χ0n) is 26.0. The summed E-state index contributed by atoms with van der Waals surface area (Å²) in [7, 11) is -4.78. The van der Waals surface area contributed by atoms with Gasteiger partial charge >= 0.3 is 0 Å². The number of hydrogen-bond acceptors (Lipinski definition) is 3. The Hall–Kier alpha value is 0.531. The van der Waals surface area contributed by atoms with Gasteiger partial charge in [-0.1, -0.05) is 13.8 Å². The van der Waals surface area contributed by atoms with Crippen LogP contribution in [0.25, 0.3) is 0 Å². The molecule has 0 heterocycles. The van der Waals surface area contributed by atoms with E-state index in [0.29, 0.717) is 23.0 Å². The molecule has 0 spiro atoms. The second kappa shape index (κ2) is 9.87. The maximum absolute atomic E-state index is 6.96. The molecule has 0 amide bonds. The fraction of sp³-hybridized carbons (Fsp3) is 1.00. The van der Waals surface area contributed by atoms with Crippen molar-refractivity contribution in [3.63, 3.8) is 0 Å². The highest BCUT2D eigenvalue weighted by Crippen LogP contribution is 2.68. The van der Waals surface area contributed by atoms with E-state index in [1.165, 1.54) is 51.4 Å². The van der Waals surface area contributed by atoms with E-state index in [2.05, 4.69) is 79.7 Å². The Morgan fingerprint density at radius 1 is 0.667 bits per heavy atom. The summed E-state index contributed by atoms with van der Waals surface area (Å²) in [6.07, 6.45) is 11.9. The summed E-state index contributed by atoms with van der Waals surface area (Å²) in [5.74, 6) is 4.19. The number of rotatable bonds is 7. The van der Waals surface area contributed by atoms with Gasteiger partial charge in [0.15, 0.2) is 25.0 Å². The zero-order chi connectivity index (χ0) is 26.9. The van der Waals surface area contributed by atoms with Gasteiger partial charge in [-0.25, -0.2) is 0 Å². The lowest BCUT2D eigenvalue weighted by atomic mass is 9.44. The van der Waals surface area contributed by atoms with Crippen molar-refractivity contribution in [3.8, 4) is 0 Å². The Labute approximate surface area is 227 Å². The van der Waals surface area contributed by atoms with Crippen LogP contribution in [-0.4, -0.2) is 43.3 Å². The van der Waals surface area contributed by atoms with E-state index in [0.717, 1.165) is 29.6 Å². The van der Waals surface area contributed by atoms with E-state index in [1.807, 2.05) is 0 Å². The first-order valence-corrected chi connectivity index (χ1v) is 25.6. The molecule has 0 aliphatic heterocycles. The summed E-state index contributed by atoms with van der Waals surface area (Å²) < 4.78 is 20.5. The van der Waals surface area contributed by atoms with E-state index >= 15 is 0 Å². The smallest absolute Gasteiger partial charge is 0.184 e. The van der Waals surface area contributed by atoms with Gasteiger partial charge in [0, 0.05) is 6.10 Å². The lowest BCUT2D eigenvalue weighted by Crippen LogP contribution is -2.59. The summed E-state index contributed by atoms with van der Waals surface area (Å²) in [6, 6.07) is 0. The minimum Gasteiger partial charge on any atom is -0.415 e. The van der Waals surface area contributed by atoms with Crippen molar-refractivity contribution in [3.05, 3.63) is 0 Å². The second-order valence-electron chi connectivity index (χ2n) is 16.8. The van der Waals surface area contributed by atoms with Crippen LogP contribution in [0.1, 0.15) is 72.1 Å². The summed E-state index contributed by atoms with van der Waals surface area (Å²) in [4.78, 5) is 0. The van der Waals surface area contributed by atoms with Gasteiger partial charge in [-0.3, -0.25) is 0 Å². The lowest BCUT2D eigenvalue weighted by molar-refractivity contribution is -0.155. The van der Waals surface area contributed by atoms with Crippen LogP contribution in [0.15, 0.2) is 0 Å². The maximum atomic E-state index is 6.96. The molecule has 0 radical (unpaired) electrons. The summed E-state index contributed by atoms with van der Waals surface area (Å²) in [5.41, 5.74) is 0.877. The molecule has 36 heavy (non-hydrogen) atoms. The molecule has 210 valence electrons. The molecule has 0 aromatic carbocycles. The van der Waals surface area contributed by atoms with Crippen molar-refractivity contribution in [1.29, 1.82) is 0 Å². The van der Waals surface area contributed by atoms with Gasteiger partial charge in [-0.15, -0.1) is 0 Å². The molecule has 6 heteroatoms. The molecular formula is C30H60O3Si3. The highest BCUT2D eigenvalue weighted by Gasteiger charge is 2.62. The molecule has 0 saturated heterocycles. The van der Waals surface area contributed by atoms with E-state index in [9.17, 15) is 0 Å². The first-order chi connectivity index (χ1) is 16.3. The molecule has 0 bridgehead atoms. The molecule has 0 aromatic heterocycles. The van der Waals surface area contributed by atoms with Gasteiger partial charge in [-0.2, -0.15) is 0 Å². The molecule has 4 aliphatic carbocycles. The van der Waals surface area contributed by atoms with Gasteiger partial charge in [0.1, 0.15) is 0 Å². The van der Waals surface area contributed by atoms with Crippen LogP contribution in [0.4, 0.5) is 0 Å². The minimum atomic E-state index is -1.64. The van der Waals surface area contributed by atoms with Crippen molar-refractivity contribution in [2.24, 2.45) is 40.4 Å². The average Bonchev–Trinajstić information content (AvgIpc) is 3.02. The van der Waals surface area contributed by atoms with Gasteiger partial charge in [0.25, 0.3) is 0 Å². The Morgan fingerprint density at radius 2 is 1.25 bits per heavy atom. The average molecular weight is 553 g/mol. The van der Waals surface area contributed by atoms with Crippen molar-refractivity contribution in [1.82, 2.24) is 0 Å². The third kappa shape index (κ3) is 5.99. The molecule has 0 N–H and O–H groups in total. The molecule has 10 atom stereocenters. The van der Waals surface area contributed by atoms with Crippen LogP contribution in [0, 0.1) is 40.4 Å². The van der Waals surface area contributed by atoms with E-state index < -0.39 is 25.0 Å². The standard InChI is InChI=1S/C30H60O3Si3/c1-21(31-34(4,5)6)24-15-16-25-23-14-13-22-19-27(32-35(7,8)9)28(33-36(10,11)12)20-30(22,3)26(23)17-18-29(24,25)2/h21-28H,13-20H2,1-12H3/t21?,22?,23?,24-,25?,26?,27?,28?,29-,30+/m1/s1. The second-order valence-corrected chi connectivity index (χ2v) is 30.2. The molecule has 4 fully saturated rings. The Kier molecular flexibility index (Phi) is 8.09. The molecule has 4 saturated carbocycles. The zero-order valence-corrected chi connectivity index (χ0v) is 29.0. The normalized spacial score (nSPS) is 44.5. The molecule has 3 nitrogen and oxygen atoms in total. The largest absolute Gasteiger partial charge is 0.415 e. The molecule has 4 rings (SSSR count). The van der Waals surface area contributed by atoms with Crippen LogP contribution in [-0.2, 0) is 13.3 Å². The van der Waals surface area contributed by atoms with E-state index in [4.69, 9.17) is 13.3 Å². The Balaban J connectivity index is 1.56. The SMILES string of the molecule is CC(O[Si](C)(C)C)[C@H]1CCC2C3CCC4CC(O[Si](C)(C)C)C(O[Si](C)(C)C)C[C@]4(C)C3CC[C@@]21C. The molecule has 4 aliphatic rings. The summed E-state index contributed by atoms with van der Waals surface area (Å²) in [5, 5.41) is 0. The molecule has 7 unspecified atom stereocenters. The van der Waals surface area contributed by atoms with Gasteiger partial charge < -0.3 is 13.3 Å². The highest BCUT2D eigenvalue weighted by atomic mass is 28.4. The van der Waals surface area contributed by atoms with E-state index in [-0.39, 0.29) is 6.10 Å². The first kappa shape index (κ1) is 29.5. The predicted molar refractivity (Wildman–Crippen MR) is 161 cm³/mol. The summed E-state index contributed by atoms with van der Waals surface area (Å²) in [6.45, 7) is 29.0. The van der Waals surface area contributed by atoms with Crippen LogP contribution < -0.4 is 0 Å². The Bertz CT molecular complexity index is 784. The van der Waals surface area contributed by atoms with Crippen LogP contribution >= 0.6 is 0 Å². The van der Waals surface area contributed by atoms with E-state index in [1.54, 1.807) is 0 Å². The highest BCUT2D eigenvalue weighted by molar-refractivity contribution is 6.70. The van der Waals surface area contributed by atoms with Gasteiger partial charge in [0.2, 0.25) is 0 Å². The molecular weight excluding hydrogens is 493 g/mol. The number of fused-ring (bicyclic) bond motifs is 5. The van der Waals surface area contributed by atoms with Crippen molar-refractivity contribution in [2.45, 2.75) is 149 Å². The number of hydrogen-bond donors (Lipinski definition) is 0. The first-order valence-electron chi connectivity index (χ1n) is 15.4. The fourth-order valence-corrected chi connectivity index (χ4v) is 13.4. The quantitative estimate of drug-likeness (QED) is 0.295. The Morgan fingerprint density at radius 3 is 1.83 bits per heavy atom. The van der Waals surface area contributed by atoms with Crippen molar-refractivity contribution < 1.29 is 13.3 Å². The predicted octanol–water partition coefficient (Wildman–Crippen LogP) is 8.94. The third-order valence-electron chi connectivity index (χ3n) is 10.8. The minimum absolute atomic E-state index is 0.290. The van der Waals surface area contributed by atoms with Crippen molar-refractivity contribution >= 4 is 25.0 Å². The summed E-state index contributed by atoms with van der Waals surface area (Å²) >= 11 is 0. The van der Waals surface area contributed by atoms with Gasteiger partial charge in [-0.05, 0) is 158 Å². The third-order valence-corrected chi connectivity index (χ3v) is 13.9. The van der Waals surface area contributed by atoms with Crippen LogP contribution in [0.5, 0.6) is 0 Å². The monoisotopic (exact) mass is 552 g/mol. The molecule has 0 aromatic rings. The van der Waals surface area contributed by atoms with Crippen molar-refractivity contribution in [2.75, 3.05) is 0 Å². The maximum Gasteiger partial charge on any atom is 0.184 e. The lowest BCUT2D eigenvalue weighted by Gasteiger charge is -2.62. The fourth-order valence-electron chi connectivity index (χ4n) is 9.84. The van der Waals surface area contributed by atoms with Gasteiger partial charge in [0.05, 0.1) is 12.2 Å². The van der Waals surface area contributed by atoms with Crippen LogP contribution in [0.2, 0.25) is 58.9 Å².